The Kier molecular flexibility index (Phi) is 4.34. The summed E-state index contributed by atoms with van der Waals surface area (Å²) in [7, 11) is 0. The third kappa shape index (κ3) is 3.04. The van der Waals surface area contributed by atoms with Gasteiger partial charge < -0.3 is 10.4 Å². The van der Waals surface area contributed by atoms with Gasteiger partial charge >= 0.3 is 6.18 Å². The summed E-state index contributed by atoms with van der Waals surface area (Å²) >= 11 is 0. The van der Waals surface area contributed by atoms with Gasteiger partial charge in [-0.15, -0.1) is 0 Å². The van der Waals surface area contributed by atoms with Gasteiger partial charge in [0, 0.05) is 31.5 Å². The van der Waals surface area contributed by atoms with E-state index in [2.05, 4.69) is 5.32 Å². The van der Waals surface area contributed by atoms with E-state index in [-0.39, 0.29) is 30.1 Å². The number of hydrogen-bond donors (Lipinski definition) is 2. The van der Waals surface area contributed by atoms with Crippen molar-refractivity contribution in [3.63, 3.8) is 0 Å². The first-order chi connectivity index (χ1) is 13.6. The topological polar surface area (TPSA) is 52.6 Å². The van der Waals surface area contributed by atoms with Crippen LogP contribution in [0.1, 0.15) is 29.5 Å². The lowest BCUT2D eigenvalue weighted by molar-refractivity contribution is -0.136. The Morgan fingerprint density at radius 1 is 1.00 bits per heavy atom. The number of piperidine rings is 1. The normalized spacial score (nSPS) is 24.2. The highest BCUT2D eigenvalue weighted by molar-refractivity contribution is 6.09. The number of halogens is 5. The van der Waals surface area contributed by atoms with Crippen molar-refractivity contribution in [3.05, 3.63) is 59.2 Å². The van der Waals surface area contributed by atoms with Crippen molar-refractivity contribution in [1.29, 1.82) is 0 Å². The minimum Gasteiger partial charge on any atom is -0.508 e. The first-order valence-corrected chi connectivity index (χ1v) is 9.00. The van der Waals surface area contributed by atoms with E-state index in [1.165, 1.54) is 41.3 Å². The van der Waals surface area contributed by atoms with Gasteiger partial charge in [0.2, 0.25) is 0 Å². The molecule has 1 saturated heterocycles. The highest BCUT2D eigenvalue weighted by Gasteiger charge is 2.56. The molecule has 2 aliphatic rings. The highest BCUT2D eigenvalue weighted by atomic mass is 19.4. The van der Waals surface area contributed by atoms with E-state index in [1.54, 1.807) is 0 Å². The van der Waals surface area contributed by atoms with Crippen LogP contribution in [0.3, 0.4) is 0 Å². The van der Waals surface area contributed by atoms with Crippen molar-refractivity contribution in [2.45, 2.75) is 30.5 Å². The van der Waals surface area contributed by atoms with Crippen LogP contribution in [0.15, 0.2) is 42.5 Å². The Morgan fingerprint density at radius 2 is 1.62 bits per heavy atom. The number of amides is 1. The smallest absolute Gasteiger partial charge is 0.418 e. The molecule has 4 rings (SSSR count). The van der Waals surface area contributed by atoms with Gasteiger partial charge in [0.15, 0.2) is 5.54 Å². The number of para-hydroxylation sites is 1. The number of anilines is 1. The molecule has 2 aromatic carbocycles. The Bertz CT molecular complexity index is 948. The molecule has 2 aromatic rings. The van der Waals surface area contributed by atoms with Gasteiger partial charge in [-0.25, -0.2) is 8.78 Å². The van der Waals surface area contributed by atoms with E-state index in [9.17, 15) is 31.9 Å². The molecule has 0 spiro atoms. The number of nitrogens with one attached hydrogen (secondary N) is 1. The number of hydrogen-bond acceptors (Lipinski definition) is 3. The minimum absolute atomic E-state index is 0.0632. The number of aromatic hydroxyl groups is 1. The lowest BCUT2D eigenvalue weighted by Crippen LogP contribution is -2.56. The second kappa shape index (κ2) is 6.41. The summed E-state index contributed by atoms with van der Waals surface area (Å²) in [5.41, 5.74) is -2.69. The fourth-order valence-electron chi connectivity index (χ4n) is 4.21. The number of carbonyl (C=O) groups excluding carboxylic acids is 1. The summed E-state index contributed by atoms with van der Waals surface area (Å²) < 4.78 is 68.1. The van der Waals surface area contributed by atoms with Crippen molar-refractivity contribution in [3.8, 4) is 5.75 Å². The molecule has 0 bridgehead atoms. The van der Waals surface area contributed by atoms with Crippen LogP contribution in [0, 0.1) is 0 Å². The summed E-state index contributed by atoms with van der Waals surface area (Å²) in [5, 5.41) is 12.0. The summed E-state index contributed by atoms with van der Waals surface area (Å²) in [6.45, 7) is -0.339. The van der Waals surface area contributed by atoms with Gasteiger partial charge in [-0.3, -0.25) is 9.69 Å². The van der Waals surface area contributed by atoms with E-state index in [0.717, 1.165) is 6.07 Å². The monoisotopic (exact) mass is 412 g/mol. The van der Waals surface area contributed by atoms with Crippen LogP contribution >= 0.6 is 0 Å². The third-order valence-corrected chi connectivity index (χ3v) is 5.58. The quantitative estimate of drug-likeness (QED) is 0.722. The first-order valence-electron chi connectivity index (χ1n) is 9.00. The highest BCUT2D eigenvalue weighted by Crippen LogP contribution is 2.51. The maximum Gasteiger partial charge on any atom is 0.418 e. The van der Waals surface area contributed by atoms with E-state index in [1.807, 2.05) is 0 Å². The van der Waals surface area contributed by atoms with E-state index < -0.39 is 42.0 Å². The summed E-state index contributed by atoms with van der Waals surface area (Å²) in [4.78, 5) is 14.7. The SMILES string of the molecule is O=C1Nc2c(C(F)(F)F)cccc2C1(c1ccc(O)cc1)N1CCC(F)(F)CC1. The van der Waals surface area contributed by atoms with Gasteiger partial charge in [0.1, 0.15) is 5.75 Å². The van der Waals surface area contributed by atoms with Crippen LogP contribution < -0.4 is 5.32 Å². The number of phenols is 1. The Morgan fingerprint density at radius 3 is 2.21 bits per heavy atom. The van der Waals surface area contributed by atoms with Crippen LogP contribution in [0.2, 0.25) is 0 Å². The third-order valence-electron chi connectivity index (χ3n) is 5.58. The van der Waals surface area contributed by atoms with Gasteiger partial charge in [-0.2, -0.15) is 13.2 Å². The zero-order valence-corrected chi connectivity index (χ0v) is 15.1. The number of carbonyl (C=O) groups is 1. The fourth-order valence-corrected chi connectivity index (χ4v) is 4.21. The summed E-state index contributed by atoms with van der Waals surface area (Å²) in [5.74, 6) is -3.71. The van der Waals surface area contributed by atoms with Crippen LogP contribution in [0.4, 0.5) is 27.6 Å². The molecule has 2 aliphatic heterocycles. The number of likely N-dealkylation sites (tertiary alicyclic amines) is 1. The zero-order chi connectivity index (χ0) is 21.0. The van der Waals surface area contributed by atoms with Gasteiger partial charge in [-0.05, 0) is 23.8 Å². The molecule has 0 radical (unpaired) electrons. The predicted octanol–water partition coefficient (Wildman–Crippen LogP) is 4.34. The van der Waals surface area contributed by atoms with Crippen LogP contribution in [-0.2, 0) is 16.5 Å². The van der Waals surface area contributed by atoms with Crippen LogP contribution in [0.25, 0.3) is 0 Å². The van der Waals surface area contributed by atoms with Crippen LogP contribution in [0.5, 0.6) is 5.75 Å². The van der Waals surface area contributed by atoms with Gasteiger partial charge in [0.05, 0.1) is 11.3 Å². The Labute approximate surface area is 162 Å². The fraction of sp³-hybridized carbons (Fsp3) is 0.350. The second-order valence-corrected chi connectivity index (χ2v) is 7.28. The molecule has 2 heterocycles. The standard InChI is InChI=1S/C20H17F5N2O2/c21-18(22)8-10-27(11-9-18)19(12-4-6-13(28)7-5-12)14-2-1-3-15(20(23,24)25)16(14)26-17(19)29/h1-7,28H,8-11H2,(H,26,29). The molecule has 29 heavy (non-hydrogen) atoms. The molecule has 4 nitrogen and oxygen atoms in total. The summed E-state index contributed by atoms with van der Waals surface area (Å²) in [6, 6.07) is 8.96. The molecule has 1 fully saturated rings. The first kappa shape index (κ1) is 19.6. The lowest BCUT2D eigenvalue weighted by Gasteiger charge is -2.43. The number of phenolic OH excluding ortho intramolecular Hbond substituents is 1. The van der Waals surface area contributed by atoms with Gasteiger partial charge in [0.25, 0.3) is 11.8 Å². The largest absolute Gasteiger partial charge is 0.508 e. The number of rotatable bonds is 2. The molecule has 154 valence electrons. The molecular weight excluding hydrogens is 395 g/mol. The number of fused-ring (bicyclic) bond motifs is 1. The number of benzene rings is 2. The molecular formula is C20H17F5N2O2. The van der Waals surface area contributed by atoms with Crippen LogP contribution in [-0.4, -0.2) is 34.9 Å². The average molecular weight is 412 g/mol. The van der Waals surface area contributed by atoms with E-state index >= 15 is 0 Å². The van der Waals surface area contributed by atoms with E-state index in [4.69, 9.17) is 0 Å². The predicted molar refractivity (Wildman–Crippen MR) is 94.7 cm³/mol. The maximum atomic E-state index is 13.7. The average Bonchev–Trinajstić information content (AvgIpc) is 2.94. The summed E-state index contributed by atoms with van der Waals surface area (Å²) in [6.07, 6.45) is -5.71. The Balaban J connectivity index is 1.94. The molecule has 0 aliphatic carbocycles. The van der Waals surface area contributed by atoms with Crippen molar-refractivity contribution in [2.24, 2.45) is 0 Å². The number of nitrogens with zero attached hydrogens (tertiary/aromatic N) is 1. The Hall–Kier alpha value is -2.68. The molecule has 1 atom stereocenters. The zero-order valence-electron chi connectivity index (χ0n) is 15.1. The molecule has 0 saturated carbocycles. The molecule has 1 unspecified atom stereocenters. The number of alkyl halides is 5. The van der Waals surface area contributed by atoms with E-state index in [0.29, 0.717) is 5.56 Å². The minimum atomic E-state index is -4.70. The van der Waals surface area contributed by atoms with Gasteiger partial charge in [-0.1, -0.05) is 24.3 Å². The van der Waals surface area contributed by atoms with Crippen molar-refractivity contribution in [2.75, 3.05) is 18.4 Å². The van der Waals surface area contributed by atoms with Crippen molar-refractivity contribution < 1.29 is 31.9 Å². The molecule has 0 aromatic heterocycles. The molecule has 1 amide bonds. The van der Waals surface area contributed by atoms with Crippen molar-refractivity contribution >= 4 is 11.6 Å². The maximum absolute atomic E-state index is 13.7. The van der Waals surface area contributed by atoms with Crippen molar-refractivity contribution in [1.82, 2.24) is 4.90 Å². The molecule has 9 heteroatoms. The lowest BCUT2D eigenvalue weighted by atomic mass is 9.80. The molecule has 2 N–H and O–H groups in total. The second-order valence-electron chi connectivity index (χ2n) is 7.28.